The van der Waals surface area contributed by atoms with Crippen molar-refractivity contribution in [3.63, 3.8) is 0 Å². The number of hydrogen-bond acceptors (Lipinski definition) is 2. The predicted octanol–water partition coefficient (Wildman–Crippen LogP) is 1.84. The van der Waals surface area contributed by atoms with E-state index >= 15 is 0 Å². The second-order valence-corrected chi connectivity index (χ2v) is 3.65. The third-order valence-corrected chi connectivity index (χ3v) is 2.21. The molecule has 2 N–H and O–H groups in total. The average molecular weight is 248 g/mol. The lowest BCUT2D eigenvalue weighted by molar-refractivity contribution is 0.173. The lowest BCUT2D eigenvalue weighted by Crippen LogP contribution is -2.17. The predicted molar refractivity (Wildman–Crippen MR) is 53.0 cm³/mol. The summed E-state index contributed by atoms with van der Waals surface area (Å²) in [6.07, 6.45) is -0.803. The minimum absolute atomic E-state index is 0.309. The molecular weight excluding hydrogens is 237 g/mol. The van der Waals surface area contributed by atoms with E-state index in [0.717, 1.165) is 4.47 Å². The molecule has 0 spiro atoms. The lowest BCUT2D eigenvalue weighted by Gasteiger charge is -2.11. The molecule has 2 nitrogen and oxygen atoms in total. The van der Waals surface area contributed by atoms with Crippen molar-refractivity contribution < 1.29 is 9.50 Å². The van der Waals surface area contributed by atoms with Crippen LogP contribution in [-0.2, 0) is 0 Å². The highest BCUT2D eigenvalue weighted by atomic mass is 79.9. The Hall–Kier alpha value is -0.450. The van der Waals surface area contributed by atoms with Crippen molar-refractivity contribution >= 4 is 15.9 Å². The van der Waals surface area contributed by atoms with Gasteiger partial charge in [0.25, 0.3) is 0 Å². The fourth-order valence-electron chi connectivity index (χ4n) is 1.07. The topological polar surface area (TPSA) is 32.3 Å². The van der Waals surface area contributed by atoms with Crippen LogP contribution in [0.25, 0.3) is 0 Å². The van der Waals surface area contributed by atoms with E-state index in [1.165, 1.54) is 6.07 Å². The molecule has 72 valence electrons. The molecule has 0 aliphatic heterocycles. The molecule has 1 aromatic carbocycles. The van der Waals surface area contributed by atoms with Crippen LogP contribution in [-0.4, -0.2) is 18.7 Å². The summed E-state index contributed by atoms with van der Waals surface area (Å²) in [6, 6.07) is 4.51. The zero-order valence-corrected chi connectivity index (χ0v) is 8.81. The SMILES string of the molecule is CNCC(O)c1cc(Br)ccc1F. The van der Waals surface area contributed by atoms with Crippen LogP contribution < -0.4 is 5.32 Å². The van der Waals surface area contributed by atoms with Gasteiger partial charge in [0, 0.05) is 16.6 Å². The molecule has 0 heterocycles. The molecule has 0 amide bonds. The first-order valence-electron chi connectivity index (χ1n) is 3.92. The van der Waals surface area contributed by atoms with Crippen molar-refractivity contribution in [3.8, 4) is 0 Å². The summed E-state index contributed by atoms with van der Waals surface area (Å²) in [4.78, 5) is 0. The van der Waals surface area contributed by atoms with Gasteiger partial charge in [-0.15, -0.1) is 0 Å². The van der Waals surface area contributed by atoms with Gasteiger partial charge in [-0.3, -0.25) is 0 Å². The fourth-order valence-corrected chi connectivity index (χ4v) is 1.45. The smallest absolute Gasteiger partial charge is 0.129 e. The fraction of sp³-hybridized carbons (Fsp3) is 0.333. The monoisotopic (exact) mass is 247 g/mol. The number of nitrogens with one attached hydrogen (secondary N) is 1. The number of aliphatic hydroxyl groups is 1. The summed E-state index contributed by atoms with van der Waals surface area (Å²) in [6.45, 7) is 0.341. The highest BCUT2D eigenvalue weighted by Crippen LogP contribution is 2.21. The first-order valence-corrected chi connectivity index (χ1v) is 4.72. The van der Waals surface area contributed by atoms with Crippen molar-refractivity contribution in [2.75, 3.05) is 13.6 Å². The molecule has 0 aromatic heterocycles. The van der Waals surface area contributed by atoms with E-state index in [2.05, 4.69) is 21.2 Å². The zero-order valence-electron chi connectivity index (χ0n) is 7.22. The Kier molecular flexibility index (Phi) is 3.84. The van der Waals surface area contributed by atoms with E-state index < -0.39 is 6.10 Å². The largest absolute Gasteiger partial charge is 0.387 e. The molecule has 0 saturated heterocycles. The molecule has 13 heavy (non-hydrogen) atoms. The van der Waals surface area contributed by atoms with Crippen LogP contribution in [0.3, 0.4) is 0 Å². The lowest BCUT2D eigenvalue weighted by atomic mass is 10.1. The molecule has 0 aliphatic carbocycles. The van der Waals surface area contributed by atoms with E-state index in [9.17, 15) is 9.50 Å². The Bertz CT molecular complexity index is 293. The van der Waals surface area contributed by atoms with Crippen molar-refractivity contribution in [1.29, 1.82) is 0 Å². The molecule has 1 rings (SSSR count). The minimum Gasteiger partial charge on any atom is -0.387 e. The van der Waals surface area contributed by atoms with Crippen molar-refractivity contribution in [2.45, 2.75) is 6.10 Å². The number of aliphatic hydroxyl groups excluding tert-OH is 1. The van der Waals surface area contributed by atoms with Gasteiger partial charge in [-0.05, 0) is 25.2 Å². The van der Waals surface area contributed by atoms with Crippen molar-refractivity contribution in [1.82, 2.24) is 5.32 Å². The summed E-state index contributed by atoms with van der Waals surface area (Å²) in [7, 11) is 1.71. The highest BCUT2D eigenvalue weighted by Gasteiger charge is 2.11. The van der Waals surface area contributed by atoms with Crippen LogP contribution >= 0.6 is 15.9 Å². The number of likely N-dealkylation sites (N-methyl/N-ethyl adjacent to an activating group) is 1. The summed E-state index contributed by atoms with van der Waals surface area (Å²) in [5.74, 6) is -0.383. The third-order valence-electron chi connectivity index (χ3n) is 1.71. The molecule has 1 unspecified atom stereocenters. The zero-order chi connectivity index (χ0) is 9.84. The van der Waals surface area contributed by atoms with Crippen molar-refractivity contribution in [3.05, 3.63) is 34.1 Å². The Morgan fingerprint density at radius 2 is 2.31 bits per heavy atom. The highest BCUT2D eigenvalue weighted by molar-refractivity contribution is 9.10. The van der Waals surface area contributed by atoms with Gasteiger partial charge in [-0.1, -0.05) is 15.9 Å². The molecule has 0 bridgehead atoms. The summed E-state index contributed by atoms with van der Waals surface area (Å²) in [5, 5.41) is 12.3. The average Bonchev–Trinajstić information content (AvgIpc) is 2.09. The van der Waals surface area contributed by atoms with E-state index in [4.69, 9.17) is 0 Å². The second kappa shape index (κ2) is 4.69. The Labute approximate surface area is 84.9 Å². The minimum atomic E-state index is -0.803. The number of hydrogen-bond donors (Lipinski definition) is 2. The van der Waals surface area contributed by atoms with Crippen LogP contribution in [0, 0.1) is 5.82 Å². The normalized spacial score (nSPS) is 12.9. The molecular formula is C9H11BrFNO. The number of rotatable bonds is 3. The maximum atomic E-state index is 13.1. The van der Waals surface area contributed by atoms with Gasteiger partial charge in [0.15, 0.2) is 0 Å². The Morgan fingerprint density at radius 3 is 2.92 bits per heavy atom. The van der Waals surface area contributed by atoms with Crippen molar-refractivity contribution in [2.24, 2.45) is 0 Å². The van der Waals surface area contributed by atoms with E-state index in [0.29, 0.717) is 12.1 Å². The molecule has 0 aliphatic rings. The summed E-state index contributed by atoms with van der Waals surface area (Å²) < 4.78 is 13.9. The quantitative estimate of drug-likeness (QED) is 0.855. The molecule has 0 radical (unpaired) electrons. The molecule has 4 heteroatoms. The van der Waals surface area contributed by atoms with Gasteiger partial charge in [0.2, 0.25) is 0 Å². The summed E-state index contributed by atoms with van der Waals surface area (Å²) in [5.41, 5.74) is 0.309. The van der Waals surface area contributed by atoms with Gasteiger partial charge in [-0.25, -0.2) is 4.39 Å². The van der Waals surface area contributed by atoms with Gasteiger partial charge >= 0.3 is 0 Å². The maximum Gasteiger partial charge on any atom is 0.129 e. The molecule has 0 saturated carbocycles. The second-order valence-electron chi connectivity index (χ2n) is 2.74. The number of benzene rings is 1. The molecule has 1 aromatic rings. The maximum absolute atomic E-state index is 13.1. The van der Waals surface area contributed by atoms with Crippen LogP contribution in [0.2, 0.25) is 0 Å². The van der Waals surface area contributed by atoms with Crippen LogP contribution in [0.1, 0.15) is 11.7 Å². The van der Waals surface area contributed by atoms with Crippen LogP contribution in [0.4, 0.5) is 4.39 Å². The van der Waals surface area contributed by atoms with Gasteiger partial charge in [0.1, 0.15) is 5.82 Å². The Balaban J connectivity index is 2.91. The molecule has 0 fully saturated rings. The number of halogens is 2. The third kappa shape index (κ3) is 2.76. The Morgan fingerprint density at radius 1 is 1.62 bits per heavy atom. The molecule has 1 atom stereocenters. The van der Waals surface area contributed by atoms with Crippen LogP contribution in [0.5, 0.6) is 0 Å². The van der Waals surface area contributed by atoms with Gasteiger partial charge in [0.05, 0.1) is 6.10 Å². The van der Waals surface area contributed by atoms with E-state index in [1.807, 2.05) is 0 Å². The van der Waals surface area contributed by atoms with Gasteiger partial charge < -0.3 is 10.4 Å². The van der Waals surface area contributed by atoms with Crippen LogP contribution in [0.15, 0.2) is 22.7 Å². The standard InChI is InChI=1S/C9H11BrFNO/c1-12-5-9(13)7-4-6(10)2-3-8(7)11/h2-4,9,12-13H,5H2,1H3. The van der Waals surface area contributed by atoms with E-state index in [1.54, 1.807) is 19.2 Å². The van der Waals surface area contributed by atoms with Gasteiger partial charge in [-0.2, -0.15) is 0 Å². The first-order chi connectivity index (χ1) is 6.15. The summed E-state index contributed by atoms with van der Waals surface area (Å²) >= 11 is 3.22. The van der Waals surface area contributed by atoms with E-state index in [-0.39, 0.29) is 5.82 Å². The first kappa shape index (κ1) is 10.6.